The van der Waals surface area contributed by atoms with Crippen LogP contribution in [-0.4, -0.2) is 25.7 Å². The average molecular weight is 173 g/mol. The maximum atomic E-state index is 11.2. The van der Waals surface area contributed by atoms with E-state index in [2.05, 4.69) is 5.32 Å². The Bertz CT molecular complexity index is 136. The summed E-state index contributed by atoms with van der Waals surface area (Å²) in [5, 5.41) is 2.82. The van der Waals surface area contributed by atoms with Gasteiger partial charge in [0.25, 0.3) is 0 Å². The number of hydrogen-bond acceptors (Lipinski definition) is 2. The minimum atomic E-state index is 0.0954. The fourth-order valence-electron chi connectivity index (χ4n) is 0.687. The molecule has 0 aliphatic heterocycles. The van der Waals surface area contributed by atoms with E-state index < -0.39 is 0 Å². The summed E-state index contributed by atoms with van der Waals surface area (Å²) in [6, 6.07) is 0. The summed E-state index contributed by atoms with van der Waals surface area (Å²) in [5.41, 5.74) is 0. The third-order valence-corrected chi connectivity index (χ3v) is 2.03. The smallest absolute Gasteiger partial charge is 0.222 e. The second-order valence-electron chi connectivity index (χ2n) is 3.10. The maximum absolute atomic E-state index is 11.2. The summed E-state index contributed by atoms with van der Waals surface area (Å²) in [5.74, 6) is 0.218. The molecule has 0 aromatic heterocycles. The lowest BCUT2D eigenvalue weighted by atomic mass is 10.1. The molecule has 2 atom stereocenters. The lowest BCUT2D eigenvalue weighted by Crippen LogP contribution is -2.34. The van der Waals surface area contributed by atoms with Crippen LogP contribution in [0.3, 0.4) is 0 Å². The van der Waals surface area contributed by atoms with Crippen LogP contribution >= 0.6 is 0 Å². The third kappa shape index (κ3) is 4.34. The highest BCUT2D eigenvalue weighted by atomic mass is 16.5. The molecule has 0 rings (SSSR count). The minimum Gasteiger partial charge on any atom is -0.380 e. The van der Waals surface area contributed by atoms with E-state index in [0.717, 1.165) is 6.42 Å². The fraction of sp³-hybridized carbons (Fsp3) is 0.889. The van der Waals surface area contributed by atoms with Crippen molar-refractivity contribution >= 4 is 5.91 Å². The number of carbonyl (C=O) groups excluding carboxylic acids is 1. The van der Waals surface area contributed by atoms with Gasteiger partial charge in [-0.2, -0.15) is 0 Å². The predicted molar refractivity (Wildman–Crippen MR) is 48.9 cm³/mol. The Hall–Kier alpha value is -0.570. The highest BCUT2D eigenvalue weighted by molar-refractivity contribution is 5.78. The monoisotopic (exact) mass is 173 g/mol. The SMILES string of the molecule is CCC(C)C(=O)NCC(C)OC. The molecule has 2 unspecified atom stereocenters. The number of hydrogen-bond donors (Lipinski definition) is 1. The molecule has 72 valence electrons. The molecule has 0 aromatic rings. The molecule has 0 saturated carbocycles. The molecule has 3 nitrogen and oxygen atoms in total. The second kappa shape index (κ2) is 6.00. The van der Waals surface area contributed by atoms with Gasteiger partial charge in [-0.05, 0) is 13.3 Å². The van der Waals surface area contributed by atoms with Crippen molar-refractivity contribution in [2.75, 3.05) is 13.7 Å². The van der Waals surface area contributed by atoms with Crippen molar-refractivity contribution in [3.63, 3.8) is 0 Å². The standard InChI is InChI=1S/C9H19NO2/c1-5-7(2)9(11)10-6-8(3)12-4/h7-8H,5-6H2,1-4H3,(H,10,11). The van der Waals surface area contributed by atoms with Crippen molar-refractivity contribution in [1.82, 2.24) is 5.32 Å². The molecule has 0 aliphatic rings. The van der Waals surface area contributed by atoms with Crippen LogP contribution in [0.5, 0.6) is 0 Å². The number of carbonyl (C=O) groups is 1. The number of ether oxygens (including phenoxy) is 1. The van der Waals surface area contributed by atoms with Crippen molar-refractivity contribution in [3.05, 3.63) is 0 Å². The van der Waals surface area contributed by atoms with Gasteiger partial charge in [-0.3, -0.25) is 4.79 Å². The summed E-state index contributed by atoms with van der Waals surface area (Å²) < 4.78 is 5.00. The molecule has 0 radical (unpaired) electrons. The summed E-state index contributed by atoms with van der Waals surface area (Å²) in [7, 11) is 1.64. The topological polar surface area (TPSA) is 38.3 Å². The Morgan fingerprint density at radius 3 is 2.50 bits per heavy atom. The normalized spacial score (nSPS) is 15.3. The van der Waals surface area contributed by atoms with Gasteiger partial charge < -0.3 is 10.1 Å². The van der Waals surface area contributed by atoms with Crippen LogP contribution in [0.25, 0.3) is 0 Å². The van der Waals surface area contributed by atoms with E-state index in [9.17, 15) is 4.79 Å². The molecule has 12 heavy (non-hydrogen) atoms. The van der Waals surface area contributed by atoms with Crippen LogP contribution in [-0.2, 0) is 9.53 Å². The van der Waals surface area contributed by atoms with E-state index in [1.807, 2.05) is 20.8 Å². The molecule has 3 heteroatoms. The van der Waals surface area contributed by atoms with Crippen LogP contribution in [0, 0.1) is 5.92 Å². The largest absolute Gasteiger partial charge is 0.380 e. The van der Waals surface area contributed by atoms with Gasteiger partial charge >= 0.3 is 0 Å². The number of amides is 1. The highest BCUT2D eigenvalue weighted by Crippen LogP contribution is 1.99. The molecule has 0 fully saturated rings. The average Bonchev–Trinajstić information content (AvgIpc) is 2.11. The first kappa shape index (κ1) is 11.4. The first-order valence-corrected chi connectivity index (χ1v) is 4.42. The molecule has 1 N–H and O–H groups in total. The van der Waals surface area contributed by atoms with Crippen molar-refractivity contribution < 1.29 is 9.53 Å². The minimum absolute atomic E-state index is 0.0954. The summed E-state index contributed by atoms with van der Waals surface area (Å²) >= 11 is 0. The molecule has 0 heterocycles. The molecule has 1 amide bonds. The fourth-order valence-corrected chi connectivity index (χ4v) is 0.687. The van der Waals surface area contributed by atoms with E-state index in [0.29, 0.717) is 6.54 Å². The van der Waals surface area contributed by atoms with E-state index in [4.69, 9.17) is 4.74 Å². The van der Waals surface area contributed by atoms with E-state index in [-0.39, 0.29) is 17.9 Å². The molecular formula is C9H19NO2. The van der Waals surface area contributed by atoms with Gasteiger partial charge in [0.15, 0.2) is 0 Å². The van der Waals surface area contributed by atoms with Gasteiger partial charge in [-0.25, -0.2) is 0 Å². The van der Waals surface area contributed by atoms with Crippen LogP contribution in [0.15, 0.2) is 0 Å². The Morgan fingerprint density at radius 1 is 1.50 bits per heavy atom. The summed E-state index contributed by atoms with van der Waals surface area (Å²) in [4.78, 5) is 11.2. The molecular weight excluding hydrogens is 154 g/mol. The van der Waals surface area contributed by atoms with Gasteiger partial charge in [-0.1, -0.05) is 13.8 Å². The summed E-state index contributed by atoms with van der Waals surface area (Å²) in [6.07, 6.45) is 0.978. The molecule has 0 spiro atoms. The lowest BCUT2D eigenvalue weighted by molar-refractivity contribution is -0.125. The molecule has 0 aliphatic carbocycles. The Labute approximate surface area is 74.5 Å². The Morgan fingerprint density at radius 2 is 2.08 bits per heavy atom. The molecule has 0 bridgehead atoms. The van der Waals surface area contributed by atoms with Crippen molar-refractivity contribution in [2.45, 2.75) is 33.3 Å². The van der Waals surface area contributed by atoms with Crippen molar-refractivity contribution in [3.8, 4) is 0 Å². The number of rotatable bonds is 5. The zero-order chi connectivity index (χ0) is 9.56. The lowest BCUT2D eigenvalue weighted by Gasteiger charge is -2.13. The maximum Gasteiger partial charge on any atom is 0.222 e. The van der Waals surface area contributed by atoms with Crippen molar-refractivity contribution in [1.29, 1.82) is 0 Å². The van der Waals surface area contributed by atoms with Gasteiger partial charge in [0.1, 0.15) is 0 Å². The van der Waals surface area contributed by atoms with Crippen molar-refractivity contribution in [2.24, 2.45) is 5.92 Å². The zero-order valence-corrected chi connectivity index (χ0v) is 8.39. The van der Waals surface area contributed by atoms with Crippen LogP contribution in [0.1, 0.15) is 27.2 Å². The van der Waals surface area contributed by atoms with Gasteiger partial charge in [0.05, 0.1) is 6.10 Å². The first-order valence-electron chi connectivity index (χ1n) is 4.42. The van der Waals surface area contributed by atoms with Crippen LogP contribution in [0.4, 0.5) is 0 Å². The first-order chi connectivity index (χ1) is 5.61. The van der Waals surface area contributed by atoms with E-state index >= 15 is 0 Å². The number of nitrogens with one attached hydrogen (secondary N) is 1. The second-order valence-corrected chi connectivity index (χ2v) is 3.10. The Kier molecular flexibility index (Phi) is 5.72. The van der Waals surface area contributed by atoms with Crippen LogP contribution < -0.4 is 5.32 Å². The summed E-state index contributed by atoms with van der Waals surface area (Å²) in [6.45, 7) is 6.45. The highest BCUT2D eigenvalue weighted by Gasteiger charge is 2.10. The zero-order valence-electron chi connectivity index (χ0n) is 8.39. The predicted octanol–water partition coefficient (Wildman–Crippen LogP) is 1.18. The van der Waals surface area contributed by atoms with Gasteiger partial charge in [0.2, 0.25) is 5.91 Å². The van der Waals surface area contributed by atoms with Gasteiger partial charge in [-0.15, -0.1) is 0 Å². The third-order valence-electron chi connectivity index (χ3n) is 2.03. The van der Waals surface area contributed by atoms with Gasteiger partial charge in [0, 0.05) is 19.6 Å². The van der Waals surface area contributed by atoms with Crippen LogP contribution in [0.2, 0.25) is 0 Å². The van der Waals surface area contributed by atoms with E-state index in [1.165, 1.54) is 0 Å². The molecule has 0 saturated heterocycles. The number of methoxy groups -OCH3 is 1. The quantitative estimate of drug-likeness (QED) is 0.678. The Balaban J connectivity index is 3.56. The molecule has 0 aromatic carbocycles. The van der Waals surface area contributed by atoms with E-state index in [1.54, 1.807) is 7.11 Å².